The van der Waals surface area contributed by atoms with Crippen LogP contribution >= 0.6 is 15.9 Å². The molecule has 1 unspecified atom stereocenters. The number of halogens is 1. The SMILES string of the molecule is CC(C)CNCc1ccc(N2CCNC(=O)C2C)c(Br)c1. The van der Waals surface area contributed by atoms with Crippen LogP contribution in [0.1, 0.15) is 26.3 Å². The molecule has 0 saturated carbocycles. The van der Waals surface area contributed by atoms with E-state index < -0.39 is 0 Å². The average Bonchev–Trinajstić information content (AvgIpc) is 2.42. The summed E-state index contributed by atoms with van der Waals surface area (Å²) in [6.07, 6.45) is 0. The van der Waals surface area contributed by atoms with Crippen molar-refractivity contribution in [2.24, 2.45) is 5.92 Å². The van der Waals surface area contributed by atoms with Crippen molar-refractivity contribution in [2.75, 3.05) is 24.5 Å². The predicted molar refractivity (Wildman–Crippen MR) is 90.5 cm³/mol. The van der Waals surface area contributed by atoms with E-state index in [0.717, 1.165) is 29.8 Å². The predicted octanol–water partition coefficient (Wildman–Crippen LogP) is 2.52. The van der Waals surface area contributed by atoms with Crippen molar-refractivity contribution in [3.63, 3.8) is 0 Å². The highest BCUT2D eigenvalue weighted by molar-refractivity contribution is 9.10. The maximum atomic E-state index is 11.8. The summed E-state index contributed by atoms with van der Waals surface area (Å²) in [7, 11) is 0. The van der Waals surface area contributed by atoms with Crippen LogP contribution < -0.4 is 15.5 Å². The fraction of sp³-hybridized carbons (Fsp3) is 0.562. The molecule has 1 saturated heterocycles. The number of carbonyl (C=O) groups excluding carboxylic acids is 1. The Morgan fingerprint density at radius 2 is 2.24 bits per heavy atom. The zero-order chi connectivity index (χ0) is 15.4. The van der Waals surface area contributed by atoms with Gasteiger partial charge in [0.05, 0.1) is 5.69 Å². The average molecular weight is 354 g/mol. The molecule has 0 spiro atoms. The zero-order valence-electron chi connectivity index (χ0n) is 12.9. The first kappa shape index (κ1) is 16.3. The van der Waals surface area contributed by atoms with Crippen LogP contribution in [0.2, 0.25) is 0 Å². The first-order chi connectivity index (χ1) is 9.99. The smallest absolute Gasteiger partial charge is 0.242 e. The summed E-state index contributed by atoms with van der Waals surface area (Å²) >= 11 is 3.65. The zero-order valence-corrected chi connectivity index (χ0v) is 14.5. The third-order valence-electron chi connectivity index (χ3n) is 3.70. The number of anilines is 1. The van der Waals surface area contributed by atoms with E-state index >= 15 is 0 Å². The minimum absolute atomic E-state index is 0.0934. The quantitative estimate of drug-likeness (QED) is 0.854. The monoisotopic (exact) mass is 353 g/mol. The lowest BCUT2D eigenvalue weighted by Gasteiger charge is -2.35. The number of carbonyl (C=O) groups is 1. The van der Waals surface area contributed by atoms with E-state index in [9.17, 15) is 4.79 Å². The van der Waals surface area contributed by atoms with E-state index in [2.05, 4.69) is 63.5 Å². The summed E-state index contributed by atoms with van der Waals surface area (Å²) in [6, 6.07) is 6.25. The van der Waals surface area contributed by atoms with Gasteiger partial charge in [0.15, 0.2) is 0 Å². The summed E-state index contributed by atoms with van der Waals surface area (Å²) < 4.78 is 1.05. The van der Waals surface area contributed by atoms with Crippen molar-refractivity contribution in [1.29, 1.82) is 0 Å². The number of hydrogen-bond acceptors (Lipinski definition) is 3. The van der Waals surface area contributed by atoms with Crippen LogP contribution in [-0.4, -0.2) is 31.6 Å². The van der Waals surface area contributed by atoms with Crippen molar-refractivity contribution in [1.82, 2.24) is 10.6 Å². The second kappa shape index (κ2) is 7.27. The van der Waals surface area contributed by atoms with Crippen molar-refractivity contribution >= 4 is 27.5 Å². The highest BCUT2D eigenvalue weighted by Crippen LogP contribution is 2.29. The standard InChI is InChI=1S/C16H24BrN3O/c1-11(2)9-18-10-13-4-5-15(14(17)8-13)20-7-6-19-16(21)12(20)3/h4-5,8,11-12,18H,6-7,9-10H2,1-3H3,(H,19,21). The third-order valence-corrected chi connectivity index (χ3v) is 4.34. The topological polar surface area (TPSA) is 44.4 Å². The van der Waals surface area contributed by atoms with Crippen LogP contribution in [0.25, 0.3) is 0 Å². The summed E-state index contributed by atoms with van der Waals surface area (Å²) in [6.45, 7) is 9.78. The van der Waals surface area contributed by atoms with Gasteiger partial charge in [0.2, 0.25) is 5.91 Å². The number of amides is 1. The van der Waals surface area contributed by atoms with Gasteiger partial charge in [-0.2, -0.15) is 0 Å². The molecular formula is C16H24BrN3O. The lowest BCUT2D eigenvalue weighted by atomic mass is 10.1. The van der Waals surface area contributed by atoms with Gasteiger partial charge < -0.3 is 15.5 Å². The lowest BCUT2D eigenvalue weighted by molar-refractivity contribution is -0.122. The molecule has 1 heterocycles. The number of benzene rings is 1. The summed E-state index contributed by atoms with van der Waals surface area (Å²) in [5.41, 5.74) is 2.34. The molecule has 1 fully saturated rings. The van der Waals surface area contributed by atoms with Crippen molar-refractivity contribution in [3.05, 3.63) is 28.2 Å². The lowest BCUT2D eigenvalue weighted by Crippen LogP contribution is -2.54. The molecule has 1 aliphatic rings. The van der Waals surface area contributed by atoms with Gasteiger partial charge in [0.25, 0.3) is 0 Å². The van der Waals surface area contributed by atoms with Gasteiger partial charge in [-0.3, -0.25) is 4.79 Å². The number of nitrogens with zero attached hydrogens (tertiary/aromatic N) is 1. The van der Waals surface area contributed by atoms with Crippen LogP contribution in [0.3, 0.4) is 0 Å². The Kier molecular flexibility index (Phi) is 5.65. The molecule has 116 valence electrons. The maximum absolute atomic E-state index is 11.8. The fourth-order valence-corrected chi connectivity index (χ4v) is 3.16. The Bertz CT molecular complexity index is 504. The van der Waals surface area contributed by atoms with Crippen molar-refractivity contribution < 1.29 is 4.79 Å². The fourth-order valence-electron chi connectivity index (χ4n) is 2.51. The van der Waals surface area contributed by atoms with Crippen LogP contribution in [0.5, 0.6) is 0 Å². The summed E-state index contributed by atoms with van der Waals surface area (Å²) in [5, 5.41) is 6.34. The van der Waals surface area contributed by atoms with Gasteiger partial charge in [-0.15, -0.1) is 0 Å². The normalized spacial score (nSPS) is 19.0. The molecule has 1 aromatic rings. The molecule has 4 nitrogen and oxygen atoms in total. The second-order valence-electron chi connectivity index (χ2n) is 5.97. The van der Waals surface area contributed by atoms with Gasteiger partial charge in [-0.05, 0) is 53.0 Å². The van der Waals surface area contributed by atoms with E-state index in [0.29, 0.717) is 12.5 Å². The maximum Gasteiger partial charge on any atom is 0.242 e. The number of rotatable bonds is 5. The minimum atomic E-state index is -0.125. The van der Waals surface area contributed by atoms with Crippen molar-refractivity contribution in [2.45, 2.75) is 33.4 Å². The van der Waals surface area contributed by atoms with Gasteiger partial charge >= 0.3 is 0 Å². The van der Waals surface area contributed by atoms with Gasteiger partial charge in [0, 0.05) is 24.1 Å². The highest BCUT2D eigenvalue weighted by atomic mass is 79.9. The molecule has 0 radical (unpaired) electrons. The number of hydrogen-bond donors (Lipinski definition) is 2. The van der Waals surface area contributed by atoms with Crippen LogP contribution in [0, 0.1) is 5.92 Å². The van der Waals surface area contributed by atoms with E-state index in [1.165, 1.54) is 5.56 Å². The first-order valence-electron chi connectivity index (χ1n) is 7.52. The number of piperazine rings is 1. The number of nitrogens with one attached hydrogen (secondary N) is 2. The summed E-state index contributed by atoms with van der Waals surface area (Å²) in [4.78, 5) is 13.9. The van der Waals surface area contributed by atoms with Gasteiger partial charge in [-0.25, -0.2) is 0 Å². The van der Waals surface area contributed by atoms with Gasteiger partial charge in [0.1, 0.15) is 6.04 Å². The molecule has 0 bridgehead atoms. The third kappa shape index (κ3) is 4.20. The van der Waals surface area contributed by atoms with Crippen molar-refractivity contribution in [3.8, 4) is 0 Å². The van der Waals surface area contributed by atoms with E-state index in [-0.39, 0.29) is 11.9 Å². The van der Waals surface area contributed by atoms with E-state index in [4.69, 9.17) is 0 Å². The van der Waals surface area contributed by atoms with E-state index in [1.54, 1.807) is 0 Å². The van der Waals surface area contributed by atoms with Crippen LogP contribution in [-0.2, 0) is 11.3 Å². The molecule has 0 aromatic heterocycles. The molecule has 21 heavy (non-hydrogen) atoms. The molecule has 1 amide bonds. The Labute approximate surface area is 135 Å². The Balaban J connectivity index is 2.06. The first-order valence-corrected chi connectivity index (χ1v) is 8.32. The minimum Gasteiger partial charge on any atom is -0.357 e. The van der Waals surface area contributed by atoms with Crippen LogP contribution in [0.15, 0.2) is 22.7 Å². The van der Waals surface area contributed by atoms with E-state index in [1.807, 2.05) is 6.92 Å². The molecule has 5 heteroatoms. The summed E-state index contributed by atoms with van der Waals surface area (Å²) in [5.74, 6) is 0.747. The Morgan fingerprint density at radius 1 is 1.48 bits per heavy atom. The van der Waals surface area contributed by atoms with Crippen LogP contribution in [0.4, 0.5) is 5.69 Å². The Hall–Kier alpha value is -1.07. The molecule has 0 aliphatic carbocycles. The molecule has 1 aromatic carbocycles. The molecule has 2 N–H and O–H groups in total. The highest BCUT2D eigenvalue weighted by Gasteiger charge is 2.26. The molecule has 2 rings (SSSR count). The molecule has 1 aliphatic heterocycles. The largest absolute Gasteiger partial charge is 0.357 e. The Morgan fingerprint density at radius 3 is 2.90 bits per heavy atom. The molecular weight excluding hydrogens is 330 g/mol. The molecule has 1 atom stereocenters. The second-order valence-corrected chi connectivity index (χ2v) is 6.83. The van der Waals surface area contributed by atoms with Gasteiger partial charge in [-0.1, -0.05) is 19.9 Å².